The van der Waals surface area contributed by atoms with Gasteiger partial charge in [-0.2, -0.15) is 0 Å². The molecular weight excluding hydrogens is 392 g/mol. The largest absolute Gasteiger partial charge is 0.444 e. The molecule has 1 aliphatic heterocycles. The fraction of sp³-hybridized carbons (Fsp3) is 0.348. The van der Waals surface area contributed by atoms with Crippen LogP contribution in [0.3, 0.4) is 0 Å². The molecule has 3 heterocycles. The lowest BCUT2D eigenvalue weighted by molar-refractivity contribution is 0.0240. The molecule has 0 unspecified atom stereocenters. The molecule has 162 valence electrons. The van der Waals surface area contributed by atoms with Crippen molar-refractivity contribution in [2.24, 2.45) is 0 Å². The van der Waals surface area contributed by atoms with E-state index in [0.717, 1.165) is 33.8 Å². The summed E-state index contributed by atoms with van der Waals surface area (Å²) in [6.07, 6.45) is 3.29. The normalized spacial score (nSPS) is 14.5. The van der Waals surface area contributed by atoms with Crippen LogP contribution < -0.4 is 16.0 Å². The van der Waals surface area contributed by atoms with E-state index in [-0.39, 0.29) is 6.09 Å². The number of nitrogens with zero attached hydrogens (tertiary/aromatic N) is 4. The Morgan fingerprint density at radius 3 is 2.45 bits per heavy atom. The number of carbonyl (C=O) groups is 1. The summed E-state index contributed by atoms with van der Waals surface area (Å²) in [5.74, 6) is 0.865. The Hall–Kier alpha value is -3.55. The number of rotatable bonds is 3. The smallest absolute Gasteiger partial charge is 0.410 e. The van der Waals surface area contributed by atoms with E-state index >= 15 is 0 Å². The molecule has 0 aliphatic carbocycles. The maximum Gasteiger partial charge on any atom is 0.410 e. The molecule has 8 heteroatoms. The number of aromatic nitrogens is 2. The highest BCUT2D eigenvalue weighted by Crippen LogP contribution is 2.28. The second-order valence-electron chi connectivity index (χ2n) is 8.62. The molecular formula is C23H28N6O2. The molecule has 1 aromatic carbocycles. The first-order valence-corrected chi connectivity index (χ1v) is 10.4. The van der Waals surface area contributed by atoms with Crippen LogP contribution in [0.2, 0.25) is 0 Å². The van der Waals surface area contributed by atoms with Crippen molar-refractivity contribution in [2.75, 3.05) is 42.1 Å². The molecule has 4 rings (SSSR count). The van der Waals surface area contributed by atoms with Gasteiger partial charge in [0.25, 0.3) is 0 Å². The summed E-state index contributed by atoms with van der Waals surface area (Å²) in [7, 11) is 0. The summed E-state index contributed by atoms with van der Waals surface area (Å²) in [5, 5.41) is 4.42. The number of pyridine rings is 2. The summed E-state index contributed by atoms with van der Waals surface area (Å²) in [6.45, 7) is 8.21. The van der Waals surface area contributed by atoms with Crippen molar-refractivity contribution in [2.45, 2.75) is 26.4 Å². The predicted molar refractivity (Wildman–Crippen MR) is 124 cm³/mol. The third-order valence-corrected chi connectivity index (χ3v) is 5.06. The van der Waals surface area contributed by atoms with E-state index in [2.05, 4.69) is 20.2 Å². The number of hydrogen-bond donors (Lipinski definition) is 2. The number of fused-ring (bicyclic) bond motifs is 1. The fourth-order valence-electron chi connectivity index (χ4n) is 3.49. The summed E-state index contributed by atoms with van der Waals surface area (Å²) < 4.78 is 5.48. The zero-order chi connectivity index (χ0) is 22.0. The molecule has 8 nitrogen and oxygen atoms in total. The fourth-order valence-corrected chi connectivity index (χ4v) is 3.49. The van der Waals surface area contributed by atoms with E-state index in [9.17, 15) is 4.79 Å². The van der Waals surface area contributed by atoms with Gasteiger partial charge in [-0.25, -0.2) is 9.78 Å². The minimum Gasteiger partial charge on any atom is -0.444 e. The Morgan fingerprint density at radius 1 is 1.06 bits per heavy atom. The highest BCUT2D eigenvalue weighted by molar-refractivity contribution is 5.94. The Bertz CT molecular complexity index is 1070. The van der Waals surface area contributed by atoms with Crippen LogP contribution in [0, 0.1) is 0 Å². The molecule has 0 bridgehead atoms. The monoisotopic (exact) mass is 420 g/mol. The van der Waals surface area contributed by atoms with Crippen molar-refractivity contribution in [3.63, 3.8) is 0 Å². The number of nitrogen functional groups attached to an aromatic ring is 1. The number of carbonyl (C=O) groups excluding carboxylic acids is 1. The molecule has 3 aromatic rings. The average molecular weight is 421 g/mol. The molecule has 1 fully saturated rings. The quantitative estimate of drug-likeness (QED) is 0.618. The number of ether oxygens (including phenoxy) is 1. The van der Waals surface area contributed by atoms with E-state index in [4.69, 9.17) is 10.5 Å². The number of amides is 1. The van der Waals surface area contributed by atoms with Gasteiger partial charge in [-0.1, -0.05) is 0 Å². The summed E-state index contributed by atoms with van der Waals surface area (Å²) in [4.78, 5) is 25.3. The van der Waals surface area contributed by atoms with Crippen LogP contribution in [0.5, 0.6) is 0 Å². The van der Waals surface area contributed by atoms with Gasteiger partial charge in [0.1, 0.15) is 11.4 Å². The molecule has 0 saturated carbocycles. The van der Waals surface area contributed by atoms with Crippen LogP contribution in [0.1, 0.15) is 20.8 Å². The molecule has 2 aromatic heterocycles. The molecule has 0 atom stereocenters. The minimum absolute atomic E-state index is 0.266. The average Bonchev–Trinajstić information content (AvgIpc) is 2.74. The van der Waals surface area contributed by atoms with Crippen LogP contribution in [-0.2, 0) is 4.74 Å². The standard InChI is InChI=1S/C23H28N6O2/c1-23(2,3)31-22(30)29-12-10-28(11-13-29)21-14-18-19(8-9-25-20(18)15-26-21)27-17-6-4-16(24)5-7-17/h4-9,14-15H,10-13,24H2,1-3H3,(H,25,27). The number of hydrogen-bond acceptors (Lipinski definition) is 7. The van der Waals surface area contributed by atoms with Crippen molar-refractivity contribution >= 4 is 39.9 Å². The van der Waals surface area contributed by atoms with Gasteiger partial charge in [0, 0.05) is 54.8 Å². The zero-order valence-corrected chi connectivity index (χ0v) is 18.1. The van der Waals surface area contributed by atoms with Gasteiger partial charge in [0.05, 0.1) is 11.7 Å². The predicted octanol–water partition coefficient (Wildman–Crippen LogP) is 4.01. The van der Waals surface area contributed by atoms with E-state index in [1.807, 2.05) is 57.2 Å². The van der Waals surface area contributed by atoms with E-state index in [0.29, 0.717) is 26.2 Å². The number of anilines is 4. The first-order chi connectivity index (χ1) is 14.8. The summed E-state index contributed by atoms with van der Waals surface area (Å²) >= 11 is 0. The van der Waals surface area contributed by atoms with Crippen molar-refractivity contribution in [3.05, 3.63) is 48.8 Å². The van der Waals surface area contributed by atoms with E-state index < -0.39 is 5.60 Å². The second kappa shape index (κ2) is 8.29. The van der Waals surface area contributed by atoms with Crippen LogP contribution >= 0.6 is 0 Å². The Labute approximate surface area is 182 Å². The lowest BCUT2D eigenvalue weighted by Crippen LogP contribution is -2.50. The first kappa shape index (κ1) is 20.7. The first-order valence-electron chi connectivity index (χ1n) is 10.4. The molecule has 31 heavy (non-hydrogen) atoms. The molecule has 1 saturated heterocycles. The Morgan fingerprint density at radius 2 is 1.77 bits per heavy atom. The van der Waals surface area contributed by atoms with Crippen molar-refractivity contribution < 1.29 is 9.53 Å². The van der Waals surface area contributed by atoms with Crippen molar-refractivity contribution in [1.29, 1.82) is 0 Å². The maximum atomic E-state index is 12.3. The van der Waals surface area contributed by atoms with E-state index in [1.165, 1.54) is 0 Å². The van der Waals surface area contributed by atoms with Crippen LogP contribution in [0.4, 0.5) is 27.7 Å². The molecule has 0 spiro atoms. The van der Waals surface area contributed by atoms with Gasteiger partial charge in [-0.3, -0.25) is 4.98 Å². The van der Waals surface area contributed by atoms with Gasteiger partial charge in [-0.05, 0) is 57.2 Å². The van der Waals surface area contributed by atoms with Crippen molar-refractivity contribution in [1.82, 2.24) is 14.9 Å². The highest BCUT2D eigenvalue weighted by Gasteiger charge is 2.26. The van der Waals surface area contributed by atoms with Gasteiger partial charge in [0.15, 0.2) is 0 Å². The van der Waals surface area contributed by atoms with Crippen molar-refractivity contribution in [3.8, 4) is 0 Å². The number of nitrogens with one attached hydrogen (secondary N) is 1. The lowest BCUT2D eigenvalue weighted by atomic mass is 10.2. The third-order valence-electron chi connectivity index (χ3n) is 5.06. The molecule has 3 N–H and O–H groups in total. The van der Waals surface area contributed by atoms with E-state index in [1.54, 1.807) is 17.3 Å². The Balaban J connectivity index is 1.50. The molecule has 1 aliphatic rings. The van der Waals surface area contributed by atoms with Gasteiger partial charge < -0.3 is 25.6 Å². The lowest BCUT2D eigenvalue weighted by Gasteiger charge is -2.36. The minimum atomic E-state index is -0.491. The Kier molecular flexibility index (Phi) is 5.54. The zero-order valence-electron chi connectivity index (χ0n) is 18.1. The number of piperazine rings is 1. The molecule has 1 amide bonds. The second-order valence-corrected chi connectivity index (χ2v) is 8.62. The van der Waals surface area contributed by atoms with Crippen LogP contribution in [-0.4, -0.2) is 52.7 Å². The SMILES string of the molecule is CC(C)(C)OC(=O)N1CCN(c2cc3c(Nc4ccc(N)cc4)ccnc3cn2)CC1. The van der Waals surface area contributed by atoms with Gasteiger partial charge in [0.2, 0.25) is 0 Å². The summed E-state index contributed by atoms with van der Waals surface area (Å²) in [6, 6.07) is 11.6. The third kappa shape index (κ3) is 4.96. The van der Waals surface area contributed by atoms with Gasteiger partial charge >= 0.3 is 6.09 Å². The summed E-state index contributed by atoms with van der Waals surface area (Å²) in [5.41, 5.74) is 8.74. The topological polar surface area (TPSA) is 96.6 Å². The van der Waals surface area contributed by atoms with Gasteiger partial charge in [-0.15, -0.1) is 0 Å². The maximum absolute atomic E-state index is 12.3. The molecule has 0 radical (unpaired) electrons. The number of nitrogens with two attached hydrogens (primary N) is 1. The number of benzene rings is 1. The van der Waals surface area contributed by atoms with Crippen LogP contribution in [0.25, 0.3) is 10.9 Å². The highest BCUT2D eigenvalue weighted by atomic mass is 16.6. The van der Waals surface area contributed by atoms with Crippen LogP contribution in [0.15, 0.2) is 48.8 Å².